The number of rotatable bonds is 6. The Hall–Kier alpha value is -4.33. The number of aryl methyl sites for hydroxylation is 1. The van der Waals surface area contributed by atoms with Crippen molar-refractivity contribution in [2.75, 3.05) is 56.6 Å². The van der Waals surface area contributed by atoms with E-state index in [0.29, 0.717) is 54.3 Å². The van der Waals surface area contributed by atoms with E-state index in [2.05, 4.69) is 10.2 Å². The Bertz CT molecular complexity index is 1370. The van der Waals surface area contributed by atoms with E-state index >= 15 is 0 Å². The van der Waals surface area contributed by atoms with E-state index in [-0.39, 0.29) is 17.7 Å². The highest BCUT2D eigenvalue weighted by molar-refractivity contribution is 6.06. The van der Waals surface area contributed by atoms with Crippen molar-refractivity contribution in [3.63, 3.8) is 0 Å². The van der Waals surface area contributed by atoms with Crippen LogP contribution in [0.25, 0.3) is 0 Å². The fourth-order valence-electron chi connectivity index (χ4n) is 5.32. The normalized spacial score (nSPS) is 15.5. The van der Waals surface area contributed by atoms with Crippen LogP contribution in [0, 0.1) is 6.92 Å². The molecule has 3 aromatic rings. The molecule has 1 N–H and O–H groups in total. The van der Waals surface area contributed by atoms with E-state index in [0.717, 1.165) is 43.6 Å². The molecule has 3 aromatic carbocycles. The van der Waals surface area contributed by atoms with Gasteiger partial charge in [0.1, 0.15) is 5.75 Å². The molecule has 2 aliphatic heterocycles. The number of nitrogens with zero attached hydrogens (tertiary/aromatic N) is 3. The van der Waals surface area contributed by atoms with Gasteiger partial charge in [-0.2, -0.15) is 0 Å². The SMILES string of the molecule is COc1cccc(C(=O)Nc2ccc(N3CCN(C(=O)c4ccc(C)cc4)CC3)c(C(=O)N3CCCCC3)c2)c1. The number of carbonyl (C=O) groups excluding carboxylic acids is 3. The molecule has 3 amide bonds. The summed E-state index contributed by atoms with van der Waals surface area (Å²) >= 11 is 0. The lowest BCUT2D eigenvalue weighted by Crippen LogP contribution is -2.49. The summed E-state index contributed by atoms with van der Waals surface area (Å²) in [6.07, 6.45) is 3.12. The molecular formula is C32H36N4O4. The Morgan fingerprint density at radius 1 is 0.725 bits per heavy atom. The summed E-state index contributed by atoms with van der Waals surface area (Å²) in [5.41, 5.74) is 4.25. The third-order valence-electron chi connectivity index (χ3n) is 7.67. The van der Waals surface area contributed by atoms with Gasteiger partial charge in [-0.1, -0.05) is 23.8 Å². The zero-order valence-electron chi connectivity index (χ0n) is 23.2. The lowest BCUT2D eigenvalue weighted by atomic mass is 10.0. The minimum atomic E-state index is -0.272. The number of methoxy groups -OCH3 is 1. The fraction of sp³-hybridized carbons (Fsp3) is 0.344. The van der Waals surface area contributed by atoms with Crippen molar-refractivity contribution in [2.45, 2.75) is 26.2 Å². The molecule has 5 rings (SSSR count). The number of amides is 3. The van der Waals surface area contributed by atoms with Gasteiger partial charge in [-0.3, -0.25) is 14.4 Å². The van der Waals surface area contributed by atoms with Gasteiger partial charge in [-0.05, 0) is 74.7 Å². The third-order valence-corrected chi connectivity index (χ3v) is 7.67. The average Bonchev–Trinajstić information content (AvgIpc) is 3.01. The first-order valence-corrected chi connectivity index (χ1v) is 13.9. The van der Waals surface area contributed by atoms with Crippen LogP contribution in [0.5, 0.6) is 5.75 Å². The van der Waals surface area contributed by atoms with Crippen molar-refractivity contribution >= 4 is 29.1 Å². The summed E-state index contributed by atoms with van der Waals surface area (Å²) < 4.78 is 5.25. The van der Waals surface area contributed by atoms with Gasteiger partial charge in [0.15, 0.2) is 0 Å². The molecule has 2 heterocycles. The number of ether oxygens (including phenoxy) is 1. The van der Waals surface area contributed by atoms with Gasteiger partial charge in [-0.15, -0.1) is 0 Å². The summed E-state index contributed by atoms with van der Waals surface area (Å²) in [6, 6.07) is 20.2. The minimum absolute atomic E-state index is 0.0228. The molecule has 2 fully saturated rings. The summed E-state index contributed by atoms with van der Waals surface area (Å²) in [5.74, 6) is 0.334. The van der Waals surface area contributed by atoms with E-state index in [1.165, 1.54) is 0 Å². The summed E-state index contributed by atoms with van der Waals surface area (Å²) in [4.78, 5) is 45.7. The molecule has 40 heavy (non-hydrogen) atoms. The Morgan fingerprint density at radius 3 is 2.12 bits per heavy atom. The predicted molar refractivity (Wildman–Crippen MR) is 156 cm³/mol. The van der Waals surface area contributed by atoms with Crippen LogP contribution in [0.1, 0.15) is 55.9 Å². The maximum atomic E-state index is 13.7. The Kier molecular flexibility index (Phi) is 8.34. The highest BCUT2D eigenvalue weighted by Crippen LogP contribution is 2.29. The molecule has 0 aliphatic carbocycles. The van der Waals surface area contributed by atoms with Gasteiger partial charge >= 0.3 is 0 Å². The summed E-state index contributed by atoms with van der Waals surface area (Å²) in [6.45, 7) is 5.85. The van der Waals surface area contributed by atoms with Gasteiger partial charge < -0.3 is 24.8 Å². The molecule has 0 atom stereocenters. The van der Waals surface area contributed by atoms with E-state index in [9.17, 15) is 14.4 Å². The molecular weight excluding hydrogens is 504 g/mol. The monoisotopic (exact) mass is 540 g/mol. The quantitative estimate of drug-likeness (QED) is 0.484. The third kappa shape index (κ3) is 6.11. The fourth-order valence-corrected chi connectivity index (χ4v) is 5.32. The standard InChI is InChI=1S/C32H36N4O4/c1-23-9-11-24(12-10-23)31(38)36-19-17-34(18-20-36)29-14-13-26(22-28(29)32(39)35-15-4-3-5-16-35)33-30(37)25-7-6-8-27(21-25)40-2/h6-14,21-22H,3-5,15-20H2,1-2H3,(H,33,37). The van der Waals surface area contributed by atoms with E-state index < -0.39 is 0 Å². The van der Waals surface area contributed by atoms with Crippen LogP contribution in [0.15, 0.2) is 66.7 Å². The Balaban J connectivity index is 1.35. The maximum absolute atomic E-state index is 13.7. The first-order valence-electron chi connectivity index (χ1n) is 13.9. The largest absolute Gasteiger partial charge is 0.497 e. The van der Waals surface area contributed by atoms with Gasteiger partial charge in [0.2, 0.25) is 0 Å². The van der Waals surface area contributed by atoms with Crippen molar-refractivity contribution in [3.05, 3.63) is 89.0 Å². The molecule has 0 spiro atoms. The number of anilines is 2. The van der Waals surface area contributed by atoms with Gasteiger partial charge in [0, 0.05) is 61.8 Å². The first kappa shape index (κ1) is 27.2. The summed E-state index contributed by atoms with van der Waals surface area (Å²) in [7, 11) is 1.56. The first-order chi connectivity index (χ1) is 19.4. The minimum Gasteiger partial charge on any atom is -0.497 e. The van der Waals surface area contributed by atoms with Crippen LogP contribution < -0.4 is 15.0 Å². The smallest absolute Gasteiger partial charge is 0.256 e. The van der Waals surface area contributed by atoms with Gasteiger partial charge in [0.05, 0.1) is 12.7 Å². The van der Waals surface area contributed by atoms with Crippen LogP contribution in [-0.2, 0) is 0 Å². The van der Waals surface area contributed by atoms with Gasteiger partial charge in [0.25, 0.3) is 17.7 Å². The molecule has 0 aromatic heterocycles. The number of piperazine rings is 1. The Morgan fingerprint density at radius 2 is 1.43 bits per heavy atom. The molecule has 0 bridgehead atoms. The van der Waals surface area contributed by atoms with Crippen LogP contribution in [0.4, 0.5) is 11.4 Å². The van der Waals surface area contributed by atoms with E-state index in [1.807, 2.05) is 53.1 Å². The highest BCUT2D eigenvalue weighted by atomic mass is 16.5. The molecule has 2 aliphatic rings. The summed E-state index contributed by atoms with van der Waals surface area (Å²) in [5, 5.41) is 2.95. The maximum Gasteiger partial charge on any atom is 0.256 e. The topological polar surface area (TPSA) is 82.2 Å². The lowest BCUT2D eigenvalue weighted by molar-refractivity contribution is 0.0718. The molecule has 0 unspecified atom stereocenters. The zero-order valence-corrected chi connectivity index (χ0v) is 23.2. The Labute approximate surface area is 235 Å². The van der Waals surface area contributed by atoms with Crippen LogP contribution in [0.3, 0.4) is 0 Å². The average molecular weight is 541 g/mol. The number of piperidine rings is 1. The van der Waals surface area contributed by atoms with E-state index in [1.54, 1.807) is 37.4 Å². The molecule has 8 heteroatoms. The lowest BCUT2D eigenvalue weighted by Gasteiger charge is -2.37. The van der Waals surface area contributed by atoms with Gasteiger partial charge in [-0.25, -0.2) is 0 Å². The van der Waals surface area contributed by atoms with Crippen molar-refractivity contribution in [2.24, 2.45) is 0 Å². The molecule has 0 saturated carbocycles. The number of likely N-dealkylation sites (tertiary alicyclic amines) is 1. The highest BCUT2D eigenvalue weighted by Gasteiger charge is 2.27. The van der Waals surface area contributed by atoms with Crippen LogP contribution in [0.2, 0.25) is 0 Å². The van der Waals surface area contributed by atoms with E-state index in [4.69, 9.17) is 4.74 Å². The zero-order chi connectivity index (χ0) is 28.1. The number of hydrogen-bond acceptors (Lipinski definition) is 5. The molecule has 2 saturated heterocycles. The number of benzene rings is 3. The second-order valence-electron chi connectivity index (χ2n) is 10.4. The number of hydrogen-bond donors (Lipinski definition) is 1. The second kappa shape index (κ2) is 12.2. The molecule has 8 nitrogen and oxygen atoms in total. The van der Waals surface area contributed by atoms with Crippen LogP contribution in [-0.4, -0.2) is 73.9 Å². The van der Waals surface area contributed by atoms with Crippen molar-refractivity contribution in [3.8, 4) is 5.75 Å². The molecule has 0 radical (unpaired) electrons. The van der Waals surface area contributed by atoms with Crippen molar-refractivity contribution in [1.29, 1.82) is 0 Å². The number of nitrogens with one attached hydrogen (secondary N) is 1. The van der Waals surface area contributed by atoms with Crippen LogP contribution >= 0.6 is 0 Å². The van der Waals surface area contributed by atoms with Crippen molar-refractivity contribution in [1.82, 2.24) is 9.80 Å². The number of carbonyl (C=O) groups is 3. The molecule has 208 valence electrons. The second-order valence-corrected chi connectivity index (χ2v) is 10.4. The predicted octanol–water partition coefficient (Wildman–Crippen LogP) is 4.84. The van der Waals surface area contributed by atoms with Crippen molar-refractivity contribution < 1.29 is 19.1 Å².